The number of aryl methyl sites for hydroxylation is 1. The van der Waals surface area contributed by atoms with E-state index < -0.39 is 36.6 Å². The van der Waals surface area contributed by atoms with Crippen molar-refractivity contribution in [2.45, 2.75) is 16.7 Å². The van der Waals surface area contributed by atoms with E-state index in [4.69, 9.17) is 8.74 Å². The number of phenolic OH excluding ortho intramolecular Hbond substituents is 1. The third-order valence-electron chi connectivity index (χ3n) is 2.71. The van der Waals surface area contributed by atoms with Crippen molar-refractivity contribution in [2.75, 3.05) is 0 Å². The minimum Gasteiger partial charge on any atom is -0.508 e. The van der Waals surface area contributed by atoms with Crippen LogP contribution in [-0.2, 0) is 20.2 Å². The second kappa shape index (κ2) is 5.59. The zero-order valence-corrected chi connectivity index (χ0v) is 12.9. The maximum atomic E-state index is 12.1. The monoisotopic (exact) mass is 344 g/mol. The molecule has 0 amide bonds. The molecule has 0 unspecified atom stereocenters. The van der Waals surface area contributed by atoms with E-state index in [2.05, 4.69) is 0 Å². The Morgan fingerprint density at radius 3 is 2.09 bits per heavy atom. The number of hydrogen-bond donors (Lipinski definition) is 2. The number of hydrogen-bond acceptors (Lipinski definition) is 6. The average molecular weight is 344 g/mol. The first-order valence-electron chi connectivity index (χ1n) is 5.91. The fourth-order valence-corrected chi connectivity index (χ4v) is 3.27. The molecule has 0 saturated carbocycles. The SMILES string of the molecule is Cc1ccc(S(=O)(=O)Oc2ccc(O)cc2S(=O)(=O)O)cc1. The zero-order chi connectivity index (χ0) is 16.5. The van der Waals surface area contributed by atoms with E-state index in [0.29, 0.717) is 6.07 Å². The van der Waals surface area contributed by atoms with Gasteiger partial charge in [-0.2, -0.15) is 16.8 Å². The van der Waals surface area contributed by atoms with Crippen molar-refractivity contribution < 1.29 is 30.7 Å². The molecule has 2 aromatic rings. The van der Waals surface area contributed by atoms with Crippen LogP contribution in [0.1, 0.15) is 5.56 Å². The van der Waals surface area contributed by atoms with Crippen LogP contribution < -0.4 is 4.18 Å². The summed E-state index contributed by atoms with van der Waals surface area (Å²) in [7, 11) is -9.05. The Morgan fingerprint density at radius 1 is 0.955 bits per heavy atom. The maximum absolute atomic E-state index is 12.1. The van der Waals surface area contributed by atoms with Crippen LogP contribution in [0.3, 0.4) is 0 Å². The summed E-state index contributed by atoms with van der Waals surface area (Å²) in [5.74, 6) is -1.08. The Hall–Kier alpha value is -2.10. The highest BCUT2D eigenvalue weighted by molar-refractivity contribution is 7.87. The molecule has 2 N–H and O–H groups in total. The molecule has 0 saturated heterocycles. The molecule has 0 heterocycles. The van der Waals surface area contributed by atoms with Crippen molar-refractivity contribution in [3.8, 4) is 11.5 Å². The molecule has 0 aliphatic heterocycles. The van der Waals surface area contributed by atoms with Crippen LogP contribution in [0.5, 0.6) is 11.5 Å². The number of rotatable bonds is 4. The van der Waals surface area contributed by atoms with Crippen LogP contribution in [0, 0.1) is 6.92 Å². The fourth-order valence-electron chi connectivity index (χ4n) is 1.64. The van der Waals surface area contributed by atoms with Gasteiger partial charge < -0.3 is 9.29 Å². The second-order valence-electron chi connectivity index (χ2n) is 4.46. The molecule has 7 nitrogen and oxygen atoms in total. The Labute approximate surface area is 127 Å². The van der Waals surface area contributed by atoms with E-state index in [1.807, 2.05) is 0 Å². The molecule has 2 rings (SSSR count). The first-order valence-corrected chi connectivity index (χ1v) is 8.76. The zero-order valence-electron chi connectivity index (χ0n) is 11.3. The minimum absolute atomic E-state index is 0.174. The van der Waals surface area contributed by atoms with E-state index in [9.17, 15) is 21.9 Å². The van der Waals surface area contributed by atoms with Gasteiger partial charge in [0.15, 0.2) is 5.75 Å². The number of benzene rings is 2. The van der Waals surface area contributed by atoms with Crippen molar-refractivity contribution >= 4 is 20.2 Å². The number of phenols is 1. The van der Waals surface area contributed by atoms with Gasteiger partial charge in [-0.1, -0.05) is 17.7 Å². The van der Waals surface area contributed by atoms with Crippen molar-refractivity contribution in [2.24, 2.45) is 0 Å². The molecule has 2 aromatic carbocycles. The highest BCUT2D eigenvalue weighted by Crippen LogP contribution is 2.30. The maximum Gasteiger partial charge on any atom is 0.339 e. The van der Waals surface area contributed by atoms with Crippen LogP contribution >= 0.6 is 0 Å². The molecule has 0 aliphatic carbocycles. The van der Waals surface area contributed by atoms with Gasteiger partial charge in [-0.25, -0.2) is 0 Å². The highest BCUT2D eigenvalue weighted by atomic mass is 32.2. The summed E-state index contributed by atoms with van der Waals surface area (Å²) in [5, 5.41) is 9.27. The molecule has 9 heteroatoms. The van der Waals surface area contributed by atoms with E-state index >= 15 is 0 Å². The summed E-state index contributed by atoms with van der Waals surface area (Å²) in [5.41, 5.74) is 0.835. The molecule has 0 atom stereocenters. The smallest absolute Gasteiger partial charge is 0.339 e. The van der Waals surface area contributed by atoms with Gasteiger partial charge in [0.25, 0.3) is 10.1 Å². The standard InChI is InChI=1S/C13H12O7S2/c1-9-2-5-11(6-3-9)22(18,19)20-12-7-4-10(14)8-13(12)21(15,16)17/h2-8,14H,1H3,(H,15,16,17). The van der Waals surface area contributed by atoms with Crippen LogP contribution in [0.4, 0.5) is 0 Å². The van der Waals surface area contributed by atoms with Crippen LogP contribution in [0.2, 0.25) is 0 Å². The lowest BCUT2D eigenvalue weighted by molar-refractivity contribution is 0.450. The second-order valence-corrected chi connectivity index (χ2v) is 7.39. The van der Waals surface area contributed by atoms with Crippen molar-refractivity contribution in [1.29, 1.82) is 0 Å². The molecule has 0 radical (unpaired) electrons. The van der Waals surface area contributed by atoms with Gasteiger partial charge in [0, 0.05) is 6.07 Å². The van der Waals surface area contributed by atoms with Gasteiger partial charge in [0.05, 0.1) is 0 Å². The summed E-state index contributed by atoms with van der Waals surface area (Å²) in [6.45, 7) is 1.77. The topological polar surface area (TPSA) is 118 Å². The highest BCUT2D eigenvalue weighted by Gasteiger charge is 2.23. The fraction of sp³-hybridized carbons (Fsp3) is 0.0769. The van der Waals surface area contributed by atoms with Gasteiger partial charge in [-0.3, -0.25) is 4.55 Å². The van der Waals surface area contributed by atoms with Gasteiger partial charge >= 0.3 is 10.1 Å². The summed E-state index contributed by atoms with van der Waals surface area (Å²) in [6.07, 6.45) is 0. The third-order valence-corrected chi connectivity index (χ3v) is 4.84. The van der Waals surface area contributed by atoms with Crippen molar-refractivity contribution in [1.82, 2.24) is 0 Å². The van der Waals surface area contributed by atoms with Gasteiger partial charge in [-0.05, 0) is 31.2 Å². The molecular weight excluding hydrogens is 332 g/mol. The Kier molecular flexibility index (Phi) is 4.14. The Morgan fingerprint density at radius 2 is 1.55 bits per heavy atom. The molecule has 0 spiro atoms. The molecular formula is C13H12O7S2. The van der Waals surface area contributed by atoms with Gasteiger partial charge in [0.2, 0.25) is 0 Å². The van der Waals surface area contributed by atoms with E-state index in [1.165, 1.54) is 12.1 Å². The lowest BCUT2D eigenvalue weighted by atomic mass is 10.2. The van der Waals surface area contributed by atoms with Crippen LogP contribution in [-0.4, -0.2) is 26.5 Å². The number of aromatic hydroxyl groups is 1. The summed E-state index contributed by atoms with van der Waals surface area (Å²) >= 11 is 0. The van der Waals surface area contributed by atoms with Crippen LogP contribution in [0.25, 0.3) is 0 Å². The summed E-state index contributed by atoms with van der Waals surface area (Å²) in [4.78, 5) is -1.02. The first kappa shape index (κ1) is 16.3. The Balaban J connectivity index is 2.49. The lowest BCUT2D eigenvalue weighted by Crippen LogP contribution is -2.12. The third kappa shape index (κ3) is 3.56. The largest absolute Gasteiger partial charge is 0.508 e. The first-order chi connectivity index (χ1) is 10.1. The minimum atomic E-state index is -4.77. The lowest BCUT2D eigenvalue weighted by Gasteiger charge is -2.10. The molecule has 0 bridgehead atoms. The average Bonchev–Trinajstić information content (AvgIpc) is 2.40. The van der Waals surface area contributed by atoms with Crippen molar-refractivity contribution in [3.05, 3.63) is 48.0 Å². The van der Waals surface area contributed by atoms with Gasteiger partial charge in [0.1, 0.15) is 15.5 Å². The van der Waals surface area contributed by atoms with E-state index in [-0.39, 0.29) is 4.90 Å². The van der Waals surface area contributed by atoms with Gasteiger partial charge in [-0.15, -0.1) is 0 Å². The van der Waals surface area contributed by atoms with Crippen LogP contribution in [0.15, 0.2) is 52.3 Å². The normalized spacial score (nSPS) is 12.1. The molecule has 22 heavy (non-hydrogen) atoms. The predicted molar refractivity (Wildman–Crippen MR) is 76.9 cm³/mol. The van der Waals surface area contributed by atoms with E-state index in [0.717, 1.165) is 17.7 Å². The molecule has 0 aliphatic rings. The van der Waals surface area contributed by atoms with Crippen molar-refractivity contribution in [3.63, 3.8) is 0 Å². The predicted octanol–water partition coefficient (Wildman–Crippen LogP) is 1.72. The molecule has 0 aromatic heterocycles. The Bertz CT molecular complexity index is 898. The molecule has 118 valence electrons. The van der Waals surface area contributed by atoms with E-state index in [1.54, 1.807) is 19.1 Å². The summed E-state index contributed by atoms with van der Waals surface area (Å²) in [6, 6.07) is 8.37. The quantitative estimate of drug-likeness (QED) is 0.640. The molecule has 0 fully saturated rings. The summed E-state index contributed by atoms with van der Waals surface area (Å²) < 4.78 is 60.6.